The summed E-state index contributed by atoms with van der Waals surface area (Å²) < 4.78 is 13.4. The molecule has 2 atom stereocenters. The zero-order valence-electron chi connectivity index (χ0n) is 10.6. The van der Waals surface area contributed by atoms with Crippen molar-refractivity contribution in [1.29, 1.82) is 0 Å². The number of nitrogens with one attached hydrogen (secondary N) is 1. The molecule has 0 aliphatic rings. The average molecular weight is 271 g/mol. The highest BCUT2D eigenvalue weighted by Gasteiger charge is 2.19. The molecular weight excluding hydrogens is 253 g/mol. The van der Waals surface area contributed by atoms with Crippen molar-refractivity contribution in [2.24, 2.45) is 0 Å². The summed E-state index contributed by atoms with van der Waals surface area (Å²) >= 11 is 0. The highest BCUT2D eigenvalue weighted by Crippen LogP contribution is 2.21. The molecular formula is C13H18FNO4. The molecule has 0 aliphatic heterocycles. The minimum absolute atomic E-state index is 0.00938. The quantitative estimate of drug-likeness (QED) is 0.578. The van der Waals surface area contributed by atoms with Gasteiger partial charge in [-0.15, -0.1) is 0 Å². The van der Waals surface area contributed by atoms with Gasteiger partial charge in [0.1, 0.15) is 11.9 Å². The third-order valence-corrected chi connectivity index (χ3v) is 2.81. The van der Waals surface area contributed by atoms with Crippen LogP contribution in [0.25, 0.3) is 0 Å². The van der Waals surface area contributed by atoms with Gasteiger partial charge in [-0.25, -0.2) is 4.39 Å². The van der Waals surface area contributed by atoms with E-state index in [1.54, 1.807) is 7.05 Å². The van der Waals surface area contributed by atoms with Crippen molar-refractivity contribution < 1.29 is 24.5 Å². The second-order valence-corrected chi connectivity index (χ2v) is 4.33. The van der Waals surface area contributed by atoms with E-state index in [2.05, 4.69) is 5.32 Å². The van der Waals surface area contributed by atoms with Gasteiger partial charge in [-0.05, 0) is 43.3 Å². The van der Waals surface area contributed by atoms with E-state index >= 15 is 0 Å². The predicted molar refractivity (Wildman–Crippen MR) is 67.3 cm³/mol. The normalized spacial score (nSPS) is 14.1. The lowest BCUT2D eigenvalue weighted by Crippen LogP contribution is -2.23. The summed E-state index contributed by atoms with van der Waals surface area (Å²) in [6.07, 6.45) is -2.28. The van der Waals surface area contributed by atoms with Crippen LogP contribution in [0.1, 0.15) is 23.7 Å². The van der Waals surface area contributed by atoms with Crippen LogP contribution in [0.2, 0.25) is 0 Å². The minimum atomic E-state index is -1.17. The number of carboxylic acids is 1. The summed E-state index contributed by atoms with van der Waals surface area (Å²) in [5.74, 6) is -1.79. The van der Waals surface area contributed by atoms with Crippen LogP contribution >= 0.6 is 0 Å². The van der Waals surface area contributed by atoms with E-state index in [4.69, 9.17) is 5.11 Å². The molecule has 0 saturated carbocycles. The van der Waals surface area contributed by atoms with E-state index in [1.807, 2.05) is 0 Å². The first kappa shape index (κ1) is 15.6. The lowest BCUT2D eigenvalue weighted by atomic mass is 9.99. The van der Waals surface area contributed by atoms with Crippen LogP contribution in [0.3, 0.4) is 0 Å². The highest BCUT2D eigenvalue weighted by molar-refractivity contribution is 5.70. The molecule has 19 heavy (non-hydrogen) atoms. The molecule has 5 nitrogen and oxygen atoms in total. The van der Waals surface area contributed by atoms with Crippen LogP contribution in [0.15, 0.2) is 18.2 Å². The first-order valence-corrected chi connectivity index (χ1v) is 5.96. The van der Waals surface area contributed by atoms with Crippen molar-refractivity contribution in [2.75, 3.05) is 13.6 Å². The Hall–Kier alpha value is -1.50. The second kappa shape index (κ2) is 7.18. The summed E-state index contributed by atoms with van der Waals surface area (Å²) in [5.41, 5.74) is 0.297. The van der Waals surface area contributed by atoms with Gasteiger partial charge < -0.3 is 20.6 Å². The van der Waals surface area contributed by atoms with E-state index in [1.165, 1.54) is 12.1 Å². The number of aliphatic carboxylic acids is 1. The SMILES string of the molecule is CNCCC(O)C(O)c1ccc(F)c(CC(=O)O)c1. The Morgan fingerprint density at radius 3 is 2.68 bits per heavy atom. The third-order valence-electron chi connectivity index (χ3n) is 2.81. The van der Waals surface area contributed by atoms with Crippen LogP contribution in [0.5, 0.6) is 0 Å². The molecule has 1 rings (SSSR count). The molecule has 0 amide bonds. The Labute approximate surface area is 110 Å². The molecule has 0 spiro atoms. The maximum Gasteiger partial charge on any atom is 0.307 e. The summed E-state index contributed by atoms with van der Waals surface area (Å²) in [6, 6.07) is 3.71. The average Bonchev–Trinajstić information content (AvgIpc) is 2.37. The van der Waals surface area contributed by atoms with Gasteiger partial charge in [0.25, 0.3) is 0 Å². The van der Waals surface area contributed by atoms with Gasteiger partial charge in [-0.2, -0.15) is 0 Å². The maximum absolute atomic E-state index is 13.4. The first-order chi connectivity index (χ1) is 8.95. The highest BCUT2D eigenvalue weighted by atomic mass is 19.1. The van der Waals surface area contributed by atoms with E-state index in [0.29, 0.717) is 18.5 Å². The largest absolute Gasteiger partial charge is 0.481 e. The Kier molecular flexibility index (Phi) is 5.88. The van der Waals surface area contributed by atoms with Crippen molar-refractivity contribution >= 4 is 5.97 Å². The fraction of sp³-hybridized carbons (Fsp3) is 0.462. The molecule has 2 unspecified atom stereocenters. The molecule has 1 aromatic carbocycles. The molecule has 1 aromatic rings. The number of rotatable bonds is 7. The zero-order valence-corrected chi connectivity index (χ0v) is 10.6. The number of hydrogen-bond donors (Lipinski definition) is 4. The lowest BCUT2D eigenvalue weighted by molar-refractivity contribution is -0.136. The zero-order chi connectivity index (χ0) is 14.4. The Balaban J connectivity index is 2.85. The summed E-state index contributed by atoms with van der Waals surface area (Å²) in [7, 11) is 1.72. The maximum atomic E-state index is 13.4. The third kappa shape index (κ3) is 4.59. The van der Waals surface area contributed by atoms with Gasteiger partial charge in [0.2, 0.25) is 0 Å². The first-order valence-electron chi connectivity index (χ1n) is 5.96. The predicted octanol–water partition coefficient (Wildman–Crippen LogP) is 0.457. The molecule has 106 valence electrons. The van der Waals surface area contributed by atoms with E-state index in [9.17, 15) is 19.4 Å². The Morgan fingerprint density at radius 2 is 2.11 bits per heavy atom. The number of carboxylic acid groups (broad SMARTS) is 1. The van der Waals surface area contributed by atoms with Crippen molar-refractivity contribution in [3.8, 4) is 0 Å². The van der Waals surface area contributed by atoms with Gasteiger partial charge in [0.05, 0.1) is 12.5 Å². The van der Waals surface area contributed by atoms with Crippen LogP contribution in [0.4, 0.5) is 4.39 Å². The Bertz CT molecular complexity index is 439. The van der Waals surface area contributed by atoms with Gasteiger partial charge in [0.15, 0.2) is 0 Å². The van der Waals surface area contributed by atoms with Crippen molar-refractivity contribution in [3.63, 3.8) is 0 Å². The van der Waals surface area contributed by atoms with Crippen LogP contribution in [-0.2, 0) is 11.2 Å². The molecule has 0 radical (unpaired) electrons. The summed E-state index contributed by atoms with van der Waals surface area (Å²) in [4.78, 5) is 10.6. The van der Waals surface area contributed by atoms with Crippen LogP contribution in [-0.4, -0.2) is 41.0 Å². The van der Waals surface area contributed by atoms with Crippen molar-refractivity contribution in [3.05, 3.63) is 35.1 Å². The van der Waals surface area contributed by atoms with Gasteiger partial charge in [-0.1, -0.05) is 6.07 Å². The molecule has 0 aliphatic carbocycles. The van der Waals surface area contributed by atoms with E-state index in [-0.39, 0.29) is 5.56 Å². The molecule has 4 N–H and O–H groups in total. The topological polar surface area (TPSA) is 89.8 Å². The lowest BCUT2D eigenvalue weighted by Gasteiger charge is -2.18. The van der Waals surface area contributed by atoms with Gasteiger partial charge in [-0.3, -0.25) is 4.79 Å². The number of carbonyl (C=O) groups is 1. The standard InChI is InChI=1S/C13H18FNO4/c1-15-5-4-11(16)13(19)8-2-3-10(14)9(6-8)7-12(17)18/h2-3,6,11,13,15-16,19H,4-5,7H2,1H3,(H,17,18). The molecule has 0 aromatic heterocycles. The smallest absolute Gasteiger partial charge is 0.307 e. The number of halogens is 1. The molecule has 0 heterocycles. The number of aliphatic hydroxyl groups is 2. The van der Waals surface area contributed by atoms with Crippen LogP contribution in [0, 0.1) is 5.82 Å². The van der Waals surface area contributed by atoms with E-state index < -0.39 is 30.4 Å². The van der Waals surface area contributed by atoms with Gasteiger partial charge in [0, 0.05) is 0 Å². The monoisotopic (exact) mass is 271 g/mol. The fourth-order valence-electron chi connectivity index (χ4n) is 1.75. The fourth-order valence-corrected chi connectivity index (χ4v) is 1.75. The number of aliphatic hydroxyl groups excluding tert-OH is 2. The van der Waals surface area contributed by atoms with E-state index in [0.717, 1.165) is 6.07 Å². The van der Waals surface area contributed by atoms with Crippen molar-refractivity contribution in [1.82, 2.24) is 5.32 Å². The van der Waals surface area contributed by atoms with Crippen LogP contribution < -0.4 is 5.32 Å². The second-order valence-electron chi connectivity index (χ2n) is 4.33. The molecule has 0 fully saturated rings. The molecule has 0 saturated heterocycles. The van der Waals surface area contributed by atoms with Gasteiger partial charge >= 0.3 is 5.97 Å². The molecule has 0 bridgehead atoms. The number of hydrogen-bond acceptors (Lipinski definition) is 4. The summed E-state index contributed by atoms with van der Waals surface area (Å²) in [5, 5.41) is 31.2. The summed E-state index contributed by atoms with van der Waals surface area (Å²) in [6.45, 7) is 0.529. The Morgan fingerprint density at radius 1 is 1.42 bits per heavy atom. The number of benzene rings is 1. The van der Waals surface area contributed by atoms with Crippen molar-refractivity contribution in [2.45, 2.75) is 25.0 Å². The minimum Gasteiger partial charge on any atom is -0.481 e. The molecule has 6 heteroatoms.